The number of aromatic nitrogens is 1. The maximum Gasteiger partial charge on any atom is 0.127 e. The molecule has 3 rings (SSSR count). The quantitative estimate of drug-likeness (QED) is 0.925. The molecule has 0 unspecified atom stereocenters. The van der Waals surface area contributed by atoms with Gasteiger partial charge in [-0.15, -0.1) is 0 Å². The van der Waals surface area contributed by atoms with Gasteiger partial charge in [-0.05, 0) is 50.6 Å². The first kappa shape index (κ1) is 13.4. The zero-order valence-corrected chi connectivity index (χ0v) is 12.4. The third-order valence-electron chi connectivity index (χ3n) is 4.23. The molecule has 2 heterocycles. The zero-order valence-electron chi connectivity index (χ0n) is 12.4. The molecule has 0 spiro atoms. The largest absolute Gasteiger partial charge is 0.366 e. The summed E-state index contributed by atoms with van der Waals surface area (Å²) in [7, 11) is 0. The molecule has 20 heavy (non-hydrogen) atoms. The van der Waals surface area contributed by atoms with E-state index in [0.29, 0.717) is 6.04 Å². The molecule has 106 valence electrons. The highest BCUT2D eigenvalue weighted by Gasteiger charge is 2.18. The van der Waals surface area contributed by atoms with Crippen LogP contribution in [0.2, 0.25) is 0 Å². The van der Waals surface area contributed by atoms with Crippen molar-refractivity contribution in [3.63, 3.8) is 0 Å². The van der Waals surface area contributed by atoms with Crippen molar-refractivity contribution in [3.05, 3.63) is 35.9 Å². The molecule has 2 aromatic rings. The zero-order chi connectivity index (χ0) is 13.9. The topological polar surface area (TPSA) is 28.2 Å². The van der Waals surface area contributed by atoms with Crippen LogP contribution < -0.4 is 5.32 Å². The lowest BCUT2D eigenvalue weighted by atomic mass is 10.1. The molecule has 1 fully saturated rings. The standard InChI is InChI=1S/C17H23N3/c1-3-20-10-6-7-14(12-20)18-17-11-13(2)15-8-4-5-9-16(15)19-17/h4-5,8-9,11,14H,3,6-7,10,12H2,1-2H3,(H,18,19)/t14-/m1/s1. The number of likely N-dealkylation sites (N-methyl/N-ethyl adjacent to an activating group) is 1. The van der Waals surface area contributed by atoms with Crippen LogP contribution >= 0.6 is 0 Å². The number of likely N-dealkylation sites (tertiary alicyclic amines) is 1. The molecular formula is C17H23N3. The van der Waals surface area contributed by atoms with E-state index >= 15 is 0 Å². The summed E-state index contributed by atoms with van der Waals surface area (Å²) in [6.45, 7) is 7.90. The predicted molar refractivity (Wildman–Crippen MR) is 85.2 cm³/mol. The fourth-order valence-corrected chi connectivity index (χ4v) is 3.09. The molecule has 3 heteroatoms. The Labute approximate surface area is 121 Å². The SMILES string of the molecule is CCN1CCC[C@@H](Nc2cc(C)c3ccccc3n2)C1. The molecule has 1 aliphatic heterocycles. The molecular weight excluding hydrogens is 246 g/mol. The van der Waals surface area contributed by atoms with E-state index in [1.54, 1.807) is 0 Å². The number of hydrogen-bond acceptors (Lipinski definition) is 3. The number of para-hydroxylation sites is 1. The summed E-state index contributed by atoms with van der Waals surface area (Å²) < 4.78 is 0. The van der Waals surface area contributed by atoms with Gasteiger partial charge in [-0.1, -0.05) is 25.1 Å². The Morgan fingerprint density at radius 3 is 3.05 bits per heavy atom. The molecule has 1 N–H and O–H groups in total. The van der Waals surface area contributed by atoms with Crippen LogP contribution in [0.25, 0.3) is 10.9 Å². The number of piperidine rings is 1. The number of rotatable bonds is 3. The van der Waals surface area contributed by atoms with E-state index in [2.05, 4.69) is 54.4 Å². The summed E-state index contributed by atoms with van der Waals surface area (Å²) in [6, 6.07) is 11.1. The smallest absolute Gasteiger partial charge is 0.127 e. The van der Waals surface area contributed by atoms with Gasteiger partial charge >= 0.3 is 0 Å². The Kier molecular flexibility index (Phi) is 3.88. The number of hydrogen-bond donors (Lipinski definition) is 1. The Bertz CT molecular complexity index is 594. The molecule has 1 saturated heterocycles. The normalized spacial score (nSPS) is 20.2. The number of pyridine rings is 1. The Morgan fingerprint density at radius 2 is 2.20 bits per heavy atom. The molecule has 1 aromatic heterocycles. The van der Waals surface area contributed by atoms with Crippen molar-refractivity contribution < 1.29 is 0 Å². The van der Waals surface area contributed by atoms with E-state index in [-0.39, 0.29) is 0 Å². The molecule has 0 bridgehead atoms. The lowest BCUT2D eigenvalue weighted by Gasteiger charge is -2.32. The second-order valence-corrected chi connectivity index (χ2v) is 5.72. The first-order valence-electron chi connectivity index (χ1n) is 7.61. The minimum atomic E-state index is 0.525. The molecule has 1 atom stereocenters. The number of nitrogens with one attached hydrogen (secondary N) is 1. The van der Waals surface area contributed by atoms with Gasteiger partial charge in [-0.2, -0.15) is 0 Å². The van der Waals surface area contributed by atoms with E-state index in [1.807, 2.05) is 0 Å². The van der Waals surface area contributed by atoms with Crippen molar-refractivity contribution in [2.75, 3.05) is 25.0 Å². The summed E-state index contributed by atoms with van der Waals surface area (Å²) in [5, 5.41) is 4.87. The van der Waals surface area contributed by atoms with Gasteiger partial charge < -0.3 is 10.2 Å². The molecule has 1 aromatic carbocycles. The van der Waals surface area contributed by atoms with Gasteiger partial charge in [0.25, 0.3) is 0 Å². The summed E-state index contributed by atoms with van der Waals surface area (Å²) in [5.41, 5.74) is 2.37. The van der Waals surface area contributed by atoms with E-state index in [0.717, 1.165) is 24.4 Å². The van der Waals surface area contributed by atoms with Crippen LogP contribution in [0.4, 0.5) is 5.82 Å². The van der Waals surface area contributed by atoms with Crippen molar-refractivity contribution in [1.29, 1.82) is 0 Å². The van der Waals surface area contributed by atoms with E-state index in [4.69, 9.17) is 4.98 Å². The van der Waals surface area contributed by atoms with E-state index < -0.39 is 0 Å². The van der Waals surface area contributed by atoms with E-state index in [9.17, 15) is 0 Å². The summed E-state index contributed by atoms with van der Waals surface area (Å²) >= 11 is 0. The molecule has 0 aliphatic carbocycles. The fourth-order valence-electron chi connectivity index (χ4n) is 3.09. The van der Waals surface area contributed by atoms with Gasteiger partial charge in [0.15, 0.2) is 0 Å². The van der Waals surface area contributed by atoms with E-state index in [1.165, 1.54) is 30.3 Å². The van der Waals surface area contributed by atoms with Crippen LogP contribution in [0.15, 0.2) is 30.3 Å². The third-order valence-corrected chi connectivity index (χ3v) is 4.23. The number of fused-ring (bicyclic) bond motifs is 1. The molecule has 0 saturated carbocycles. The maximum atomic E-state index is 4.75. The van der Waals surface area contributed by atoms with Crippen molar-refractivity contribution in [3.8, 4) is 0 Å². The Hall–Kier alpha value is -1.61. The van der Waals surface area contributed by atoms with Gasteiger partial charge in [0.1, 0.15) is 5.82 Å². The van der Waals surface area contributed by atoms with Crippen LogP contribution in [0, 0.1) is 6.92 Å². The highest BCUT2D eigenvalue weighted by molar-refractivity contribution is 5.83. The van der Waals surface area contributed by atoms with Crippen LogP contribution in [0.3, 0.4) is 0 Å². The summed E-state index contributed by atoms with van der Waals surface area (Å²) in [6.07, 6.45) is 2.52. The lowest BCUT2D eigenvalue weighted by Crippen LogP contribution is -2.41. The molecule has 3 nitrogen and oxygen atoms in total. The molecule has 0 amide bonds. The third kappa shape index (κ3) is 2.78. The summed E-state index contributed by atoms with van der Waals surface area (Å²) in [4.78, 5) is 7.26. The van der Waals surface area contributed by atoms with Crippen LogP contribution in [-0.4, -0.2) is 35.6 Å². The fraction of sp³-hybridized carbons (Fsp3) is 0.471. The van der Waals surface area contributed by atoms with Gasteiger partial charge in [0.05, 0.1) is 5.52 Å². The van der Waals surface area contributed by atoms with Gasteiger partial charge in [0.2, 0.25) is 0 Å². The van der Waals surface area contributed by atoms with Crippen LogP contribution in [0.1, 0.15) is 25.3 Å². The number of benzene rings is 1. The van der Waals surface area contributed by atoms with Crippen molar-refractivity contribution in [1.82, 2.24) is 9.88 Å². The number of nitrogens with zero attached hydrogens (tertiary/aromatic N) is 2. The lowest BCUT2D eigenvalue weighted by molar-refractivity contribution is 0.226. The maximum absolute atomic E-state index is 4.75. The Morgan fingerprint density at radius 1 is 1.35 bits per heavy atom. The molecule has 1 aliphatic rings. The van der Waals surface area contributed by atoms with Gasteiger partial charge in [0, 0.05) is 18.0 Å². The van der Waals surface area contributed by atoms with Crippen molar-refractivity contribution in [2.45, 2.75) is 32.7 Å². The number of aryl methyl sites for hydroxylation is 1. The second kappa shape index (κ2) is 5.80. The van der Waals surface area contributed by atoms with Gasteiger partial charge in [-0.3, -0.25) is 0 Å². The highest BCUT2D eigenvalue weighted by Crippen LogP contribution is 2.21. The molecule has 0 radical (unpaired) electrons. The minimum Gasteiger partial charge on any atom is -0.366 e. The van der Waals surface area contributed by atoms with Crippen LogP contribution in [-0.2, 0) is 0 Å². The predicted octanol–water partition coefficient (Wildman–Crippen LogP) is 3.44. The monoisotopic (exact) mass is 269 g/mol. The number of anilines is 1. The van der Waals surface area contributed by atoms with Crippen molar-refractivity contribution >= 4 is 16.7 Å². The van der Waals surface area contributed by atoms with Gasteiger partial charge in [-0.25, -0.2) is 4.98 Å². The Balaban J connectivity index is 1.80. The average molecular weight is 269 g/mol. The van der Waals surface area contributed by atoms with Crippen LogP contribution in [0.5, 0.6) is 0 Å². The summed E-state index contributed by atoms with van der Waals surface area (Å²) in [5.74, 6) is 1.02. The van der Waals surface area contributed by atoms with Crippen molar-refractivity contribution in [2.24, 2.45) is 0 Å². The second-order valence-electron chi connectivity index (χ2n) is 5.72. The first-order valence-corrected chi connectivity index (χ1v) is 7.61. The minimum absolute atomic E-state index is 0.525. The highest BCUT2D eigenvalue weighted by atomic mass is 15.2. The first-order chi connectivity index (χ1) is 9.76. The average Bonchev–Trinajstić information content (AvgIpc) is 2.47.